The Balaban J connectivity index is 1.48. The van der Waals surface area contributed by atoms with Gasteiger partial charge in [0.15, 0.2) is 0 Å². The van der Waals surface area contributed by atoms with Gasteiger partial charge >= 0.3 is 5.97 Å². The van der Waals surface area contributed by atoms with E-state index in [1.807, 2.05) is 60.7 Å². The fraction of sp³-hybridized carbons (Fsp3) is 0. The van der Waals surface area contributed by atoms with Crippen molar-refractivity contribution in [3.63, 3.8) is 0 Å². The van der Waals surface area contributed by atoms with Crippen molar-refractivity contribution in [2.75, 3.05) is 4.90 Å². The summed E-state index contributed by atoms with van der Waals surface area (Å²) in [5, 5.41) is 9.80. The van der Waals surface area contributed by atoms with Crippen molar-refractivity contribution in [3.05, 3.63) is 121 Å². The molecule has 0 aliphatic heterocycles. The quantitative estimate of drug-likeness (QED) is 0.280. The Kier molecular flexibility index (Phi) is 5.48. The molecule has 0 saturated heterocycles. The average molecular weight is 431 g/mol. The highest BCUT2D eigenvalue weighted by Crippen LogP contribution is 2.36. The Morgan fingerprint density at radius 3 is 1.94 bits per heavy atom. The molecule has 0 aliphatic carbocycles. The van der Waals surface area contributed by atoms with Crippen LogP contribution >= 0.6 is 0 Å². The van der Waals surface area contributed by atoms with Crippen LogP contribution in [0.4, 0.5) is 17.1 Å². The first-order valence-electron chi connectivity index (χ1n) is 10.6. The molecule has 1 heterocycles. The highest BCUT2D eigenvalue weighted by atomic mass is 16.4. The maximum Gasteiger partial charge on any atom is 0.328 e. The minimum atomic E-state index is -0.977. The maximum absolute atomic E-state index is 10.8. The molecule has 0 spiro atoms. The second-order valence-electron chi connectivity index (χ2n) is 7.63. The van der Waals surface area contributed by atoms with E-state index in [1.54, 1.807) is 6.08 Å². The van der Waals surface area contributed by atoms with Crippen molar-refractivity contribution in [3.8, 4) is 11.3 Å². The zero-order chi connectivity index (χ0) is 22.6. The molecule has 4 nitrogen and oxygen atoms in total. The van der Waals surface area contributed by atoms with Gasteiger partial charge in [-0.2, -0.15) is 0 Å². The Labute approximate surface area is 191 Å². The number of carboxylic acids is 1. The van der Waals surface area contributed by atoms with Crippen LogP contribution in [0.1, 0.15) is 5.56 Å². The summed E-state index contributed by atoms with van der Waals surface area (Å²) >= 11 is 0. The summed E-state index contributed by atoms with van der Waals surface area (Å²) in [6.07, 6.45) is 2.68. The monoisotopic (exact) mass is 431 g/mol. The van der Waals surface area contributed by atoms with Crippen LogP contribution in [0.25, 0.3) is 28.4 Å². The van der Waals surface area contributed by atoms with E-state index in [0.717, 1.165) is 51.0 Å². The topological polar surface area (TPSA) is 53.7 Å². The van der Waals surface area contributed by atoms with Gasteiger partial charge in [0.25, 0.3) is 0 Å². The number of anilines is 3. The molecule has 1 N–H and O–H groups in total. The van der Waals surface area contributed by atoms with Crippen molar-refractivity contribution < 1.29 is 14.3 Å². The number of benzene rings is 4. The maximum atomic E-state index is 10.8. The molecule has 0 bridgehead atoms. The molecule has 0 saturated carbocycles. The SMILES string of the molecule is O=C(O)C=Cc1ccc2cc(-c3ccc(N(c4ccccc4)c4ccccc4)cc3)oc2c1. The summed E-state index contributed by atoms with van der Waals surface area (Å²) in [5.41, 5.74) is 5.69. The third-order valence-corrected chi connectivity index (χ3v) is 5.40. The number of hydrogen-bond acceptors (Lipinski definition) is 3. The predicted octanol–water partition coefficient (Wildman–Crippen LogP) is 7.67. The van der Waals surface area contributed by atoms with E-state index in [-0.39, 0.29) is 0 Å². The Bertz CT molecular complexity index is 1380. The van der Waals surface area contributed by atoms with Crippen LogP contribution in [0.3, 0.4) is 0 Å². The third-order valence-electron chi connectivity index (χ3n) is 5.40. The van der Waals surface area contributed by atoms with Crippen LogP contribution in [0.2, 0.25) is 0 Å². The Morgan fingerprint density at radius 2 is 1.33 bits per heavy atom. The lowest BCUT2D eigenvalue weighted by atomic mass is 10.1. The zero-order valence-electron chi connectivity index (χ0n) is 17.8. The number of carboxylic acid groups (broad SMARTS) is 1. The first-order chi connectivity index (χ1) is 16.2. The van der Waals surface area contributed by atoms with E-state index in [9.17, 15) is 4.79 Å². The molecule has 33 heavy (non-hydrogen) atoms. The Morgan fingerprint density at radius 1 is 0.727 bits per heavy atom. The van der Waals surface area contributed by atoms with Crippen LogP contribution in [-0.4, -0.2) is 11.1 Å². The fourth-order valence-electron chi connectivity index (χ4n) is 3.84. The number of aliphatic carboxylic acids is 1. The van der Waals surface area contributed by atoms with Gasteiger partial charge in [0.05, 0.1) is 0 Å². The van der Waals surface area contributed by atoms with Gasteiger partial charge in [-0.25, -0.2) is 4.79 Å². The van der Waals surface area contributed by atoms with E-state index in [1.165, 1.54) is 0 Å². The van der Waals surface area contributed by atoms with E-state index < -0.39 is 5.97 Å². The van der Waals surface area contributed by atoms with Crippen molar-refractivity contribution in [2.45, 2.75) is 0 Å². The molecule has 160 valence electrons. The molecule has 1 aromatic heterocycles. The minimum Gasteiger partial charge on any atom is -0.478 e. The number of furan rings is 1. The number of rotatable bonds is 6. The Hall–Kier alpha value is -4.57. The van der Waals surface area contributed by atoms with E-state index in [4.69, 9.17) is 9.52 Å². The smallest absolute Gasteiger partial charge is 0.328 e. The number of nitrogens with zero attached hydrogens (tertiary/aromatic N) is 1. The zero-order valence-corrected chi connectivity index (χ0v) is 17.8. The highest BCUT2D eigenvalue weighted by molar-refractivity contribution is 5.88. The molecule has 0 unspecified atom stereocenters. The van der Waals surface area contributed by atoms with Gasteiger partial charge in [0, 0.05) is 34.1 Å². The van der Waals surface area contributed by atoms with E-state index in [2.05, 4.69) is 53.4 Å². The van der Waals surface area contributed by atoms with Crippen molar-refractivity contribution >= 4 is 40.1 Å². The standard InChI is InChI=1S/C29H21NO3/c31-29(32)18-12-21-11-13-23-20-28(33-27(23)19-21)22-14-16-26(17-15-22)30(24-7-3-1-4-8-24)25-9-5-2-6-10-25/h1-20H,(H,31,32). The minimum absolute atomic E-state index is 0.719. The molecule has 0 aliphatic rings. The lowest BCUT2D eigenvalue weighted by molar-refractivity contribution is -0.131. The lowest BCUT2D eigenvalue weighted by Crippen LogP contribution is -2.09. The van der Waals surface area contributed by atoms with Crippen LogP contribution in [0, 0.1) is 0 Å². The first kappa shape index (κ1) is 20.3. The van der Waals surface area contributed by atoms with Gasteiger partial charge in [-0.1, -0.05) is 48.5 Å². The fourth-order valence-corrected chi connectivity index (χ4v) is 3.84. The molecule has 0 atom stereocenters. The number of fused-ring (bicyclic) bond motifs is 1. The molecular formula is C29H21NO3. The van der Waals surface area contributed by atoms with Crippen LogP contribution in [-0.2, 0) is 4.79 Å². The first-order valence-corrected chi connectivity index (χ1v) is 10.6. The highest BCUT2D eigenvalue weighted by Gasteiger charge is 2.13. The molecule has 0 radical (unpaired) electrons. The van der Waals surface area contributed by atoms with Gasteiger partial charge in [-0.05, 0) is 72.3 Å². The van der Waals surface area contributed by atoms with Crippen molar-refractivity contribution in [1.29, 1.82) is 0 Å². The second kappa shape index (κ2) is 8.89. The van der Waals surface area contributed by atoms with Gasteiger partial charge in [0.2, 0.25) is 0 Å². The predicted molar refractivity (Wildman–Crippen MR) is 133 cm³/mol. The van der Waals surface area contributed by atoms with Crippen LogP contribution in [0.5, 0.6) is 0 Å². The number of carbonyl (C=O) groups is 1. The number of para-hydroxylation sites is 2. The molecule has 4 aromatic carbocycles. The van der Waals surface area contributed by atoms with Crippen LogP contribution in [0.15, 0.2) is 120 Å². The summed E-state index contributed by atoms with van der Waals surface area (Å²) in [4.78, 5) is 13.0. The summed E-state index contributed by atoms with van der Waals surface area (Å²) in [5.74, 6) is -0.211. The van der Waals surface area contributed by atoms with Crippen molar-refractivity contribution in [1.82, 2.24) is 0 Å². The largest absolute Gasteiger partial charge is 0.478 e. The summed E-state index contributed by atoms with van der Waals surface area (Å²) in [6, 6.07) is 36.5. The van der Waals surface area contributed by atoms with Gasteiger partial charge in [-0.15, -0.1) is 0 Å². The summed E-state index contributed by atoms with van der Waals surface area (Å²) in [7, 11) is 0. The van der Waals surface area contributed by atoms with E-state index >= 15 is 0 Å². The average Bonchev–Trinajstić information content (AvgIpc) is 3.28. The molecular weight excluding hydrogens is 410 g/mol. The van der Waals surface area contributed by atoms with Crippen LogP contribution < -0.4 is 4.90 Å². The van der Waals surface area contributed by atoms with Gasteiger partial charge in [-0.3, -0.25) is 0 Å². The number of hydrogen-bond donors (Lipinski definition) is 1. The summed E-state index contributed by atoms with van der Waals surface area (Å²) in [6.45, 7) is 0. The van der Waals surface area contributed by atoms with Gasteiger partial charge < -0.3 is 14.4 Å². The third kappa shape index (κ3) is 4.41. The van der Waals surface area contributed by atoms with Gasteiger partial charge in [0.1, 0.15) is 11.3 Å². The lowest BCUT2D eigenvalue weighted by Gasteiger charge is -2.25. The molecule has 0 amide bonds. The summed E-state index contributed by atoms with van der Waals surface area (Å²) < 4.78 is 6.08. The van der Waals surface area contributed by atoms with E-state index in [0.29, 0.717) is 0 Å². The normalized spacial score (nSPS) is 11.2. The molecule has 4 heteroatoms. The van der Waals surface area contributed by atoms with Crippen molar-refractivity contribution in [2.24, 2.45) is 0 Å². The molecule has 0 fully saturated rings. The molecule has 5 aromatic rings. The molecule has 5 rings (SSSR count). The second-order valence-corrected chi connectivity index (χ2v) is 7.63.